The second-order valence-electron chi connectivity index (χ2n) is 5.96. The minimum Gasteiger partial charge on any atom is -0.438 e. The highest BCUT2D eigenvalue weighted by atomic mass is 16.4. The van der Waals surface area contributed by atoms with E-state index in [9.17, 15) is 10.1 Å². The molecule has 136 valence electrons. The van der Waals surface area contributed by atoms with Gasteiger partial charge >= 0.3 is 6.03 Å². The Bertz CT molecular complexity index is 952. The van der Waals surface area contributed by atoms with Crippen LogP contribution in [0.4, 0.5) is 10.7 Å². The molecule has 0 fully saturated rings. The Kier molecular flexibility index (Phi) is 5.58. The normalized spacial score (nSPS) is 10.3. The number of rotatable bonds is 5. The minimum atomic E-state index is -0.288. The lowest BCUT2D eigenvalue weighted by molar-refractivity contribution is 0.216. The summed E-state index contributed by atoms with van der Waals surface area (Å²) in [5, 5.41) is 12.6. The van der Waals surface area contributed by atoms with Crippen LogP contribution in [0.5, 0.6) is 0 Å². The molecule has 2 amide bonds. The molecule has 0 unspecified atom stereocenters. The molecule has 0 aliphatic rings. The number of carbonyl (C=O) groups is 1. The summed E-state index contributed by atoms with van der Waals surface area (Å²) >= 11 is 0. The first-order valence-electron chi connectivity index (χ1n) is 8.93. The molecule has 1 heterocycles. The molecule has 5 nitrogen and oxygen atoms in total. The van der Waals surface area contributed by atoms with E-state index >= 15 is 0 Å². The van der Waals surface area contributed by atoms with Gasteiger partial charge in [-0.3, -0.25) is 5.32 Å². The summed E-state index contributed by atoms with van der Waals surface area (Å²) in [6.07, 6.45) is 0. The van der Waals surface area contributed by atoms with E-state index < -0.39 is 0 Å². The van der Waals surface area contributed by atoms with Crippen LogP contribution in [0.2, 0.25) is 0 Å². The molecule has 0 saturated heterocycles. The summed E-state index contributed by atoms with van der Waals surface area (Å²) in [5.41, 5.74) is 2.70. The molecule has 3 rings (SSSR count). The van der Waals surface area contributed by atoms with Crippen molar-refractivity contribution in [2.75, 3.05) is 18.4 Å². The predicted octanol–water partition coefficient (Wildman–Crippen LogP) is 5.36. The van der Waals surface area contributed by atoms with Crippen molar-refractivity contribution in [3.63, 3.8) is 0 Å². The van der Waals surface area contributed by atoms with Crippen LogP contribution >= 0.6 is 0 Å². The van der Waals surface area contributed by atoms with Crippen molar-refractivity contribution in [3.8, 4) is 28.5 Å². The van der Waals surface area contributed by atoms with Gasteiger partial charge in [0.2, 0.25) is 5.88 Å². The van der Waals surface area contributed by atoms with Gasteiger partial charge in [0, 0.05) is 24.2 Å². The van der Waals surface area contributed by atoms with Crippen LogP contribution in [0.15, 0.2) is 65.1 Å². The van der Waals surface area contributed by atoms with E-state index in [1.165, 1.54) is 0 Å². The first-order chi connectivity index (χ1) is 13.2. The molecule has 27 heavy (non-hydrogen) atoms. The van der Waals surface area contributed by atoms with Gasteiger partial charge in [-0.1, -0.05) is 60.7 Å². The first-order valence-corrected chi connectivity index (χ1v) is 8.93. The van der Waals surface area contributed by atoms with Crippen LogP contribution in [0.25, 0.3) is 22.5 Å². The van der Waals surface area contributed by atoms with E-state index in [1.807, 2.05) is 74.5 Å². The van der Waals surface area contributed by atoms with Gasteiger partial charge in [0.05, 0.1) is 0 Å². The minimum absolute atomic E-state index is 0.173. The van der Waals surface area contributed by atoms with E-state index in [1.54, 1.807) is 4.90 Å². The third-order valence-electron chi connectivity index (χ3n) is 4.39. The molecule has 0 spiro atoms. The second kappa shape index (κ2) is 8.24. The predicted molar refractivity (Wildman–Crippen MR) is 106 cm³/mol. The fourth-order valence-electron chi connectivity index (χ4n) is 2.99. The highest BCUT2D eigenvalue weighted by molar-refractivity contribution is 5.94. The van der Waals surface area contributed by atoms with Gasteiger partial charge in [0.25, 0.3) is 0 Å². The monoisotopic (exact) mass is 359 g/mol. The third kappa shape index (κ3) is 3.70. The van der Waals surface area contributed by atoms with Crippen molar-refractivity contribution in [1.82, 2.24) is 4.90 Å². The number of nitrogens with one attached hydrogen (secondary N) is 1. The fraction of sp³-hybridized carbons (Fsp3) is 0.182. The smallest absolute Gasteiger partial charge is 0.324 e. The average molecular weight is 359 g/mol. The van der Waals surface area contributed by atoms with Crippen LogP contribution < -0.4 is 5.32 Å². The maximum Gasteiger partial charge on any atom is 0.324 e. The van der Waals surface area contributed by atoms with E-state index in [0.717, 1.165) is 11.1 Å². The van der Waals surface area contributed by atoms with Gasteiger partial charge < -0.3 is 9.32 Å². The van der Waals surface area contributed by atoms with Gasteiger partial charge in [0.1, 0.15) is 17.4 Å². The molecule has 0 aliphatic heterocycles. The van der Waals surface area contributed by atoms with Crippen LogP contribution in [0.1, 0.15) is 19.4 Å². The molecule has 2 aromatic carbocycles. The number of hydrogen-bond donors (Lipinski definition) is 1. The van der Waals surface area contributed by atoms with Gasteiger partial charge in [-0.15, -0.1) is 0 Å². The standard InChI is InChI=1S/C22H21N3O2/c1-3-25(4-2)22(26)24-21-18(15-23)19(16-11-7-5-8-12-16)20(27-21)17-13-9-6-10-14-17/h5-14H,3-4H2,1-2H3,(H,24,26). The Labute approximate surface area is 158 Å². The summed E-state index contributed by atoms with van der Waals surface area (Å²) in [6.45, 7) is 4.95. The van der Waals surface area contributed by atoms with Crippen molar-refractivity contribution in [1.29, 1.82) is 5.26 Å². The van der Waals surface area contributed by atoms with Crippen molar-refractivity contribution < 1.29 is 9.21 Å². The van der Waals surface area contributed by atoms with Gasteiger partial charge in [-0.05, 0) is 19.4 Å². The summed E-state index contributed by atoms with van der Waals surface area (Å²) < 4.78 is 6.01. The summed E-state index contributed by atoms with van der Waals surface area (Å²) in [7, 11) is 0. The van der Waals surface area contributed by atoms with Crippen molar-refractivity contribution in [2.24, 2.45) is 0 Å². The number of hydrogen-bond acceptors (Lipinski definition) is 3. The molecule has 0 bridgehead atoms. The molecule has 1 aromatic heterocycles. The second-order valence-corrected chi connectivity index (χ2v) is 5.96. The molecule has 5 heteroatoms. The summed E-state index contributed by atoms with van der Waals surface area (Å²) in [6, 6.07) is 21.1. The van der Waals surface area contributed by atoms with Crippen LogP contribution in [-0.2, 0) is 0 Å². The quantitative estimate of drug-likeness (QED) is 0.667. The lowest BCUT2D eigenvalue weighted by atomic mass is 9.98. The van der Waals surface area contributed by atoms with Crippen LogP contribution in [0, 0.1) is 11.3 Å². The van der Waals surface area contributed by atoms with Crippen molar-refractivity contribution in [2.45, 2.75) is 13.8 Å². The van der Waals surface area contributed by atoms with Gasteiger partial charge in [0.15, 0.2) is 0 Å². The van der Waals surface area contributed by atoms with Gasteiger partial charge in [-0.2, -0.15) is 5.26 Å². The lowest BCUT2D eigenvalue weighted by Gasteiger charge is -2.18. The molecule has 0 radical (unpaired) electrons. The van der Waals surface area contributed by atoms with Crippen LogP contribution in [-0.4, -0.2) is 24.0 Å². The number of amides is 2. The number of anilines is 1. The fourth-order valence-corrected chi connectivity index (χ4v) is 2.99. The third-order valence-corrected chi connectivity index (χ3v) is 4.39. The number of urea groups is 1. The Morgan fingerprint density at radius 3 is 2.07 bits per heavy atom. The molecule has 1 N–H and O–H groups in total. The lowest BCUT2D eigenvalue weighted by Crippen LogP contribution is -2.34. The van der Waals surface area contributed by atoms with Crippen molar-refractivity contribution in [3.05, 3.63) is 66.2 Å². The molecular formula is C22H21N3O2. The Morgan fingerprint density at radius 2 is 1.56 bits per heavy atom. The SMILES string of the molecule is CCN(CC)C(=O)Nc1oc(-c2ccccc2)c(-c2ccccc2)c1C#N. The Hall–Kier alpha value is -3.52. The highest BCUT2D eigenvalue weighted by Crippen LogP contribution is 2.41. The number of nitriles is 1. The van der Waals surface area contributed by atoms with E-state index in [0.29, 0.717) is 30.0 Å². The largest absolute Gasteiger partial charge is 0.438 e. The topological polar surface area (TPSA) is 69.3 Å². The summed E-state index contributed by atoms with van der Waals surface area (Å²) in [5.74, 6) is 0.736. The van der Waals surface area contributed by atoms with E-state index in [4.69, 9.17) is 4.42 Å². The average Bonchev–Trinajstić information content (AvgIpc) is 3.08. The van der Waals surface area contributed by atoms with E-state index in [2.05, 4.69) is 11.4 Å². The van der Waals surface area contributed by atoms with Crippen molar-refractivity contribution >= 4 is 11.9 Å². The van der Waals surface area contributed by atoms with E-state index in [-0.39, 0.29) is 11.9 Å². The van der Waals surface area contributed by atoms with Gasteiger partial charge in [-0.25, -0.2) is 4.79 Å². The molecule has 0 atom stereocenters. The Balaban J connectivity index is 2.15. The zero-order chi connectivity index (χ0) is 19.2. The Morgan fingerprint density at radius 1 is 1.00 bits per heavy atom. The molecule has 0 saturated carbocycles. The number of nitrogens with zero attached hydrogens (tertiary/aromatic N) is 2. The molecule has 3 aromatic rings. The zero-order valence-corrected chi connectivity index (χ0v) is 15.4. The maximum absolute atomic E-state index is 12.5. The number of carbonyl (C=O) groups excluding carboxylic acids is 1. The molecular weight excluding hydrogens is 338 g/mol. The number of benzene rings is 2. The zero-order valence-electron chi connectivity index (χ0n) is 15.4. The summed E-state index contributed by atoms with van der Waals surface area (Å²) in [4.78, 5) is 14.1. The van der Waals surface area contributed by atoms with Crippen LogP contribution in [0.3, 0.4) is 0 Å². The maximum atomic E-state index is 12.5. The first kappa shape index (κ1) is 18.3. The number of furan rings is 1. The molecule has 0 aliphatic carbocycles. The highest BCUT2D eigenvalue weighted by Gasteiger charge is 2.25.